The van der Waals surface area contributed by atoms with Gasteiger partial charge in [-0.15, -0.1) is 12.4 Å². The number of nitrogens with one attached hydrogen (secondary N) is 1. The van der Waals surface area contributed by atoms with E-state index in [4.69, 9.17) is 0 Å². The van der Waals surface area contributed by atoms with Crippen LogP contribution >= 0.6 is 12.4 Å². The number of likely N-dealkylation sites (tertiary alicyclic amines) is 1. The van der Waals surface area contributed by atoms with Gasteiger partial charge in [-0.05, 0) is 57.8 Å². The summed E-state index contributed by atoms with van der Waals surface area (Å²) >= 11 is 0. The van der Waals surface area contributed by atoms with Gasteiger partial charge in [0.05, 0.1) is 6.20 Å². The van der Waals surface area contributed by atoms with Crippen LogP contribution in [0.25, 0.3) is 0 Å². The minimum Gasteiger partial charge on any atom is -0.316 e. The van der Waals surface area contributed by atoms with E-state index in [9.17, 15) is 0 Å². The molecule has 0 radical (unpaired) electrons. The Hall–Kier alpha value is -0.620. The molecule has 1 aromatic rings. The fourth-order valence-electron chi connectivity index (χ4n) is 4.69. The highest BCUT2D eigenvalue weighted by Gasteiger charge is 2.34. The number of piperidine rings is 1. The van der Waals surface area contributed by atoms with Crippen LogP contribution < -0.4 is 5.32 Å². The number of halogens is 1. The van der Waals surface area contributed by atoms with Gasteiger partial charge in [0.15, 0.2) is 0 Å². The zero-order valence-electron chi connectivity index (χ0n) is 15.7. The predicted octanol–water partition coefficient (Wildman–Crippen LogP) is 2.16. The normalized spacial score (nSPS) is 31.4. The zero-order chi connectivity index (χ0) is 16.4. The summed E-state index contributed by atoms with van der Waals surface area (Å²) in [5.41, 5.74) is 1.82. The Bertz CT molecular complexity index is 511. The van der Waals surface area contributed by atoms with Crippen LogP contribution in [0.2, 0.25) is 0 Å². The summed E-state index contributed by atoms with van der Waals surface area (Å²) in [6, 6.07) is 0.509. The molecule has 24 heavy (non-hydrogen) atoms. The maximum absolute atomic E-state index is 4.40. The summed E-state index contributed by atoms with van der Waals surface area (Å²) in [5.74, 6) is 0.695. The first kappa shape index (κ1) is 19.7. The monoisotopic (exact) mass is 355 g/mol. The van der Waals surface area contributed by atoms with E-state index >= 15 is 0 Å². The second-order valence-electron chi connectivity index (χ2n) is 8.21. The lowest BCUT2D eigenvalue weighted by Gasteiger charge is -2.41. The predicted molar refractivity (Wildman–Crippen MR) is 102 cm³/mol. The van der Waals surface area contributed by atoms with Crippen LogP contribution in [0.3, 0.4) is 0 Å². The van der Waals surface area contributed by atoms with Crippen LogP contribution in [0.5, 0.6) is 0 Å². The molecule has 0 aromatic carbocycles. The summed E-state index contributed by atoms with van der Waals surface area (Å²) in [5, 5.41) is 7.92. The molecular weight excluding hydrogens is 322 g/mol. The summed E-state index contributed by atoms with van der Waals surface area (Å²) in [4.78, 5) is 5.10. The molecule has 0 amide bonds. The number of hydrogen-bond donors (Lipinski definition) is 1. The van der Waals surface area contributed by atoms with Crippen LogP contribution in [0.1, 0.15) is 37.8 Å². The van der Waals surface area contributed by atoms with Gasteiger partial charge in [-0.25, -0.2) is 0 Å². The van der Waals surface area contributed by atoms with Crippen molar-refractivity contribution < 1.29 is 0 Å². The van der Waals surface area contributed by atoms with Crippen molar-refractivity contribution in [3.8, 4) is 0 Å². The Morgan fingerprint density at radius 1 is 1.42 bits per heavy atom. The summed E-state index contributed by atoms with van der Waals surface area (Å²) < 4.78 is 1.93. The minimum atomic E-state index is 0. The van der Waals surface area contributed by atoms with Gasteiger partial charge in [-0.3, -0.25) is 9.58 Å². The largest absolute Gasteiger partial charge is 0.316 e. The Kier molecular flexibility index (Phi) is 6.71. The van der Waals surface area contributed by atoms with E-state index in [0.717, 1.165) is 6.54 Å². The maximum Gasteiger partial charge on any atom is 0.0537 e. The Morgan fingerprint density at radius 3 is 2.83 bits per heavy atom. The number of nitrogens with zero attached hydrogens (tertiary/aromatic N) is 4. The van der Waals surface area contributed by atoms with E-state index in [-0.39, 0.29) is 12.4 Å². The Labute approximate surface area is 153 Å². The smallest absolute Gasteiger partial charge is 0.0537 e. The highest BCUT2D eigenvalue weighted by atomic mass is 35.5. The molecule has 0 saturated carbocycles. The topological polar surface area (TPSA) is 36.3 Å². The van der Waals surface area contributed by atoms with E-state index < -0.39 is 0 Å². The molecule has 0 aliphatic carbocycles. The van der Waals surface area contributed by atoms with Crippen molar-refractivity contribution in [2.45, 2.75) is 32.2 Å². The fraction of sp³-hybridized carbons (Fsp3) is 0.833. The van der Waals surface area contributed by atoms with E-state index in [0.29, 0.717) is 17.4 Å². The molecule has 2 aliphatic rings. The number of aryl methyl sites for hydroxylation is 1. The third-order valence-corrected chi connectivity index (χ3v) is 5.73. The number of aromatic nitrogens is 2. The summed E-state index contributed by atoms with van der Waals surface area (Å²) in [6.07, 6.45) is 8.19. The first-order chi connectivity index (χ1) is 11.0. The molecule has 0 spiro atoms. The average molecular weight is 356 g/mol. The van der Waals surface area contributed by atoms with E-state index in [1.54, 1.807) is 0 Å². The number of hydrogen-bond acceptors (Lipinski definition) is 4. The lowest BCUT2D eigenvalue weighted by atomic mass is 9.84. The molecule has 3 heterocycles. The maximum atomic E-state index is 4.40. The summed E-state index contributed by atoms with van der Waals surface area (Å²) in [6.45, 7) is 8.33. The third-order valence-electron chi connectivity index (χ3n) is 5.73. The van der Waals surface area contributed by atoms with Crippen molar-refractivity contribution in [2.75, 3.05) is 46.8 Å². The molecule has 1 aromatic heterocycles. The van der Waals surface area contributed by atoms with Crippen molar-refractivity contribution in [3.63, 3.8) is 0 Å². The van der Waals surface area contributed by atoms with Crippen LogP contribution in [0, 0.1) is 11.3 Å². The lowest BCUT2D eigenvalue weighted by molar-refractivity contribution is 0.0826. The van der Waals surface area contributed by atoms with E-state index in [1.807, 2.05) is 11.7 Å². The molecule has 6 heteroatoms. The summed E-state index contributed by atoms with van der Waals surface area (Å²) in [7, 11) is 6.59. The second-order valence-corrected chi connectivity index (χ2v) is 8.21. The van der Waals surface area contributed by atoms with Gasteiger partial charge in [-0.1, -0.05) is 6.92 Å². The third kappa shape index (κ3) is 4.51. The van der Waals surface area contributed by atoms with Crippen molar-refractivity contribution in [2.24, 2.45) is 18.4 Å². The molecule has 138 valence electrons. The van der Waals surface area contributed by atoms with E-state index in [2.05, 4.69) is 53.6 Å². The minimum absolute atomic E-state index is 0. The Morgan fingerprint density at radius 2 is 2.21 bits per heavy atom. The second kappa shape index (κ2) is 8.17. The van der Waals surface area contributed by atoms with Gasteiger partial charge in [-0.2, -0.15) is 5.10 Å². The molecule has 5 nitrogen and oxygen atoms in total. The molecule has 3 atom stereocenters. The van der Waals surface area contributed by atoms with Crippen LogP contribution in [-0.2, 0) is 7.05 Å². The van der Waals surface area contributed by atoms with Crippen LogP contribution in [0.4, 0.5) is 0 Å². The molecule has 1 N–H and O–H groups in total. The van der Waals surface area contributed by atoms with Crippen molar-refractivity contribution in [1.29, 1.82) is 0 Å². The van der Waals surface area contributed by atoms with Crippen molar-refractivity contribution in [1.82, 2.24) is 24.9 Å². The molecular formula is C18H34ClN5. The van der Waals surface area contributed by atoms with Gasteiger partial charge >= 0.3 is 0 Å². The first-order valence-electron chi connectivity index (χ1n) is 9.05. The Balaban J connectivity index is 0.00000208. The number of rotatable bonds is 5. The van der Waals surface area contributed by atoms with E-state index in [1.165, 1.54) is 51.0 Å². The van der Waals surface area contributed by atoms with Crippen LogP contribution in [-0.4, -0.2) is 66.4 Å². The van der Waals surface area contributed by atoms with Gasteiger partial charge in [0.1, 0.15) is 0 Å². The SMILES string of the molecule is CN(C[C@@H]1CCCN(C)[C@H]1c1cnn(C)c1)CC1(C)CCNC1.Cl. The quantitative estimate of drug-likeness (QED) is 0.878. The fourth-order valence-corrected chi connectivity index (χ4v) is 4.69. The first-order valence-corrected chi connectivity index (χ1v) is 9.05. The molecule has 3 rings (SSSR count). The molecule has 2 fully saturated rings. The van der Waals surface area contributed by atoms with Crippen molar-refractivity contribution >= 4 is 12.4 Å². The molecule has 2 saturated heterocycles. The van der Waals surface area contributed by atoms with Crippen LogP contribution in [0.15, 0.2) is 12.4 Å². The van der Waals surface area contributed by atoms with Gasteiger partial charge in [0.2, 0.25) is 0 Å². The molecule has 1 unspecified atom stereocenters. The molecule has 0 bridgehead atoms. The highest BCUT2D eigenvalue weighted by Crippen LogP contribution is 2.36. The highest BCUT2D eigenvalue weighted by molar-refractivity contribution is 5.85. The van der Waals surface area contributed by atoms with Gasteiger partial charge in [0.25, 0.3) is 0 Å². The standard InChI is InChI=1S/C18H33N5.ClH/c1-18(7-8-19-13-18)14-21(2)11-15-6-5-9-22(3)17(15)16-10-20-23(4)12-16;/h10,12,15,17,19H,5-9,11,13-14H2,1-4H3;1H/t15-,17+,18?;/m0./s1. The van der Waals surface area contributed by atoms with Gasteiger partial charge in [0, 0.05) is 44.5 Å². The average Bonchev–Trinajstić information content (AvgIpc) is 3.08. The van der Waals surface area contributed by atoms with Crippen molar-refractivity contribution in [3.05, 3.63) is 18.0 Å². The van der Waals surface area contributed by atoms with Gasteiger partial charge < -0.3 is 10.2 Å². The lowest BCUT2D eigenvalue weighted by Crippen LogP contribution is -2.43. The zero-order valence-corrected chi connectivity index (χ0v) is 16.5. The molecule has 2 aliphatic heterocycles.